The zero-order valence-electron chi connectivity index (χ0n) is 13.1. The van der Waals surface area contributed by atoms with Gasteiger partial charge in [-0.2, -0.15) is 0 Å². The molecule has 0 saturated heterocycles. The standard InChI is InChI=1S/C13H20N4O5S/c1-13(2,3)17-23(21,22)9-4-5-10(15-8-9)16-12(20)14-7-6-11(18)19/h4-5,8,17H,6-7H2,1-3H3,(H,18,19)(H2,14,15,16,20). The molecule has 4 N–H and O–H groups in total. The number of hydrogen-bond donors (Lipinski definition) is 4. The number of nitrogens with one attached hydrogen (secondary N) is 3. The van der Waals surface area contributed by atoms with E-state index in [0.29, 0.717) is 0 Å². The van der Waals surface area contributed by atoms with E-state index in [-0.39, 0.29) is 23.7 Å². The van der Waals surface area contributed by atoms with Gasteiger partial charge < -0.3 is 10.4 Å². The first kappa shape index (κ1) is 18.8. The first-order valence-corrected chi connectivity index (χ1v) is 8.24. The quantitative estimate of drug-likeness (QED) is 0.601. The second kappa shape index (κ2) is 7.38. The van der Waals surface area contributed by atoms with Gasteiger partial charge in [0.15, 0.2) is 0 Å². The number of aliphatic carboxylic acids is 1. The summed E-state index contributed by atoms with van der Waals surface area (Å²) in [6.07, 6.45) is 0.928. The topological polar surface area (TPSA) is 137 Å². The first-order chi connectivity index (χ1) is 10.5. The average Bonchev–Trinajstić information content (AvgIpc) is 2.36. The van der Waals surface area contributed by atoms with Gasteiger partial charge in [0, 0.05) is 18.3 Å². The minimum absolute atomic E-state index is 0.0238. The number of carbonyl (C=O) groups excluding carboxylic acids is 1. The van der Waals surface area contributed by atoms with Crippen LogP contribution in [0.15, 0.2) is 23.2 Å². The summed E-state index contributed by atoms with van der Waals surface area (Å²) in [4.78, 5) is 25.6. The van der Waals surface area contributed by atoms with Gasteiger partial charge >= 0.3 is 12.0 Å². The minimum atomic E-state index is -3.69. The molecule has 0 fully saturated rings. The summed E-state index contributed by atoms with van der Waals surface area (Å²) in [6, 6.07) is 2.03. The molecule has 128 valence electrons. The van der Waals surface area contributed by atoms with E-state index in [1.165, 1.54) is 12.1 Å². The molecule has 9 nitrogen and oxygen atoms in total. The summed E-state index contributed by atoms with van der Waals surface area (Å²) in [5, 5.41) is 13.2. The lowest BCUT2D eigenvalue weighted by atomic mass is 10.1. The van der Waals surface area contributed by atoms with Crippen LogP contribution in [0.2, 0.25) is 0 Å². The maximum absolute atomic E-state index is 12.1. The Kier molecular flexibility index (Phi) is 6.05. The van der Waals surface area contributed by atoms with Gasteiger partial charge in [0.1, 0.15) is 10.7 Å². The van der Waals surface area contributed by atoms with E-state index in [0.717, 1.165) is 6.20 Å². The zero-order valence-corrected chi connectivity index (χ0v) is 13.9. The summed E-state index contributed by atoms with van der Waals surface area (Å²) in [7, 11) is -3.69. The molecule has 1 rings (SSSR count). The first-order valence-electron chi connectivity index (χ1n) is 6.76. The fourth-order valence-electron chi connectivity index (χ4n) is 1.52. The molecule has 0 saturated carbocycles. The molecular weight excluding hydrogens is 324 g/mol. The lowest BCUT2D eigenvalue weighted by Gasteiger charge is -2.20. The van der Waals surface area contributed by atoms with Gasteiger partial charge in [0.2, 0.25) is 10.0 Å². The van der Waals surface area contributed by atoms with Crippen LogP contribution in [0.4, 0.5) is 10.6 Å². The van der Waals surface area contributed by atoms with E-state index in [1.54, 1.807) is 20.8 Å². The number of hydrogen-bond acceptors (Lipinski definition) is 5. The van der Waals surface area contributed by atoms with Gasteiger partial charge in [0.05, 0.1) is 6.42 Å². The number of pyridine rings is 1. The lowest BCUT2D eigenvalue weighted by molar-refractivity contribution is -0.136. The second-order valence-electron chi connectivity index (χ2n) is 5.76. The molecule has 0 atom stereocenters. The number of aromatic nitrogens is 1. The highest BCUT2D eigenvalue weighted by Crippen LogP contribution is 2.13. The Bertz CT molecular complexity index is 665. The summed E-state index contributed by atoms with van der Waals surface area (Å²) >= 11 is 0. The van der Waals surface area contributed by atoms with Crippen LogP contribution in [0.5, 0.6) is 0 Å². The van der Waals surface area contributed by atoms with Crippen molar-refractivity contribution in [2.45, 2.75) is 37.6 Å². The molecule has 2 amide bonds. The predicted octanol–water partition coefficient (Wildman–Crippen LogP) is 0.755. The molecule has 1 aromatic rings. The molecule has 0 aliphatic carbocycles. The Morgan fingerprint density at radius 2 is 1.91 bits per heavy atom. The van der Waals surface area contributed by atoms with Crippen molar-refractivity contribution in [2.24, 2.45) is 0 Å². The van der Waals surface area contributed by atoms with E-state index in [1.807, 2.05) is 0 Å². The summed E-state index contributed by atoms with van der Waals surface area (Å²) in [5.74, 6) is -0.878. The van der Waals surface area contributed by atoms with Gasteiger partial charge in [-0.15, -0.1) is 0 Å². The molecule has 0 aromatic carbocycles. The van der Waals surface area contributed by atoms with Gasteiger partial charge in [0.25, 0.3) is 0 Å². The van der Waals surface area contributed by atoms with Crippen LogP contribution in [0.1, 0.15) is 27.2 Å². The van der Waals surface area contributed by atoms with Crippen molar-refractivity contribution in [3.05, 3.63) is 18.3 Å². The highest BCUT2D eigenvalue weighted by atomic mass is 32.2. The average molecular weight is 344 g/mol. The molecule has 0 aliphatic heterocycles. The summed E-state index contributed by atoms with van der Waals surface area (Å²) in [6.45, 7) is 5.13. The number of anilines is 1. The van der Waals surface area contributed by atoms with Crippen molar-refractivity contribution < 1.29 is 23.1 Å². The van der Waals surface area contributed by atoms with Crippen molar-refractivity contribution in [1.82, 2.24) is 15.0 Å². The third kappa shape index (κ3) is 7.06. The van der Waals surface area contributed by atoms with Crippen molar-refractivity contribution in [1.29, 1.82) is 0 Å². The number of amides is 2. The molecule has 1 heterocycles. The number of sulfonamides is 1. The molecule has 10 heteroatoms. The Labute approximate surface area is 134 Å². The molecule has 1 aromatic heterocycles. The van der Waals surface area contributed by atoms with Crippen molar-refractivity contribution in [3.8, 4) is 0 Å². The van der Waals surface area contributed by atoms with Crippen molar-refractivity contribution >= 4 is 27.8 Å². The van der Waals surface area contributed by atoms with Crippen molar-refractivity contribution in [3.63, 3.8) is 0 Å². The SMILES string of the molecule is CC(C)(C)NS(=O)(=O)c1ccc(NC(=O)NCCC(=O)O)nc1. The second-order valence-corrected chi connectivity index (χ2v) is 7.44. The number of rotatable bonds is 6. The van der Waals surface area contributed by atoms with Crippen LogP contribution in [0, 0.1) is 0 Å². The molecule has 0 bridgehead atoms. The number of carboxylic acids is 1. The highest BCUT2D eigenvalue weighted by molar-refractivity contribution is 7.89. The number of nitrogens with zero attached hydrogens (tertiary/aromatic N) is 1. The molecular formula is C13H20N4O5S. The zero-order chi connectivity index (χ0) is 17.7. The van der Waals surface area contributed by atoms with E-state index in [9.17, 15) is 18.0 Å². The van der Waals surface area contributed by atoms with E-state index in [4.69, 9.17) is 5.11 Å². The third-order valence-electron chi connectivity index (χ3n) is 2.35. The molecule has 0 unspecified atom stereocenters. The molecule has 23 heavy (non-hydrogen) atoms. The van der Waals surface area contributed by atoms with Gasteiger partial charge in [-0.3, -0.25) is 10.1 Å². The molecule has 0 aliphatic rings. The molecule has 0 radical (unpaired) electrons. The number of urea groups is 1. The Balaban J connectivity index is 2.66. The Morgan fingerprint density at radius 1 is 1.26 bits per heavy atom. The Morgan fingerprint density at radius 3 is 2.39 bits per heavy atom. The van der Waals surface area contributed by atoms with Crippen LogP contribution in [0.25, 0.3) is 0 Å². The lowest BCUT2D eigenvalue weighted by Crippen LogP contribution is -2.40. The largest absolute Gasteiger partial charge is 0.481 e. The van der Waals surface area contributed by atoms with Gasteiger partial charge in [-0.25, -0.2) is 22.9 Å². The van der Waals surface area contributed by atoms with Crippen LogP contribution in [-0.2, 0) is 14.8 Å². The normalized spacial score (nSPS) is 11.8. The summed E-state index contributed by atoms with van der Waals surface area (Å²) < 4.78 is 26.6. The van der Waals surface area contributed by atoms with Gasteiger partial charge in [-0.05, 0) is 32.9 Å². The number of carboxylic acid groups (broad SMARTS) is 1. The highest BCUT2D eigenvalue weighted by Gasteiger charge is 2.22. The third-order valence-corrected chi connectivity index (χ3v) is 4.10. The van der Waals surface area contributed by atoms with E-state index in [2.05, 4.69) is 20.3 Å². The molecule has 0 spiro atoms. The maximum Gasteiger partial charge on any atom is 0.320 e. The van der Waals surface area contributed by atoms with Crippen LogP contribution >= 0.6 is 0 Å². The van der Waals surface area contributed by atoms with Crippen LogP contribution in [-0.4, -0.2) is 42.6 Å². The van der Waals surface area contributed by atoms with Crippen LogP contribution < -0.4 is 15.4 Å². The van der Waals surface area contributed by atoms with E-state index >= 15 is 0 Å². The van der Waals surface area contributed by atoms with E-state index < -0.39 is 27.6 Å². The number of carbonyl (C=O) groups is 2. The maximum atomic E-state index is 12.1. The smallest absolute Gasteiger partial charge is 0.320 e. The van der Waals surface area contributed by atoms with Crippen molar-refractivity contribution in [2.75, 3.05) is 11.9 Å². The monoisotopic (exact) mass is 344 g/mol. The Hall–Kier alpha value is -2.20. The summed E-state index contributed by atoms with van der Waals surface area (Å²) in [5.41, 5.74) is -0.625. The fraction of sp³-hybridized carbons (Fsp3) is 0.462. The minimum Gasteiger partial charge on any atom is -0.481 e. The van der Waals surface area contributed by atoms with Crippen LogP contribution in [0.3, 0.4) is 0 Å². The fourth-order valence-corrected chi connectivity index (χ4v) is 2.88. The van der Waals surface area contributed by atoms with Gasteiger partial charge in [-0.1, -0.05) is 0 Å². The predicted molar refractivity (Wildman–Crippen MR) is 83.6 cm³/mol.